The second-order valence-electron chi connectivity index (χ2n) is 7.94. The van der Waals surface area contributed by atoms with Crippen molar-refractivity contribution in [3.63, 3.8) is 0 Å². The van der Waals surface area contributed by atoms with E-state index in [9.17, 15) is 9.59 Å². The molecule has 3 aromatic rings. The summed E-state index contributed by atoms with van der Waals surface area (Å²) in [5, 5.41) is 7.30. The SMILES string of the molecule is NC(=O)[C@H]1CCCN(c2ccc(CNC(=O)Cc3cnn(-c4ccccc4)c3)cc2)C1. The van der Waals surface area contributed by atoms with Gasteiger partial charge in [-0.15, -0.1) is 0 Å². The smallest absolute Gasteiger partial charge is 0.224 e. The van der Waals surface area contributed by atoms with Gasteiger partial charge in [-0.25, -0.2) is 4.68 Å². The Morgan fingerprint density at radius 3 is 2.55 bits per heavy atom. The summed E-state index contributed by atoms with van der Waals surface area (Å²) in [6, 6.07) is 17.9. The van der Waals surface area contributed by atoms with Crippen molar-refractivity contribution in [1.82, 2.24) is 15.1 Å². The molecule has 160 valence electrons. The highest BCUT2D eigenvalue weighted by Gasteiger charge is 2.24. The third-order valence-electron chi connectivity index (χ3n) is 5.64. The fraction of sp³-hybridized carbons (Fsp3) is 0.292. The number of aromatic nitrogens is 2. The van der Waals surface area contributed by atoms with Crippen LogP contribution in [0.15, 0.2) is 67.0 Å². The topological polar surface area (TPSA) is 93.2 Å². The first-order valence-corrected chi connectivity index (χ1v) is 10.6. The monoisotopic (exact) mass is 417 g/mol. The van der Waals surface area contributed by atoms with Crippen LogP contribution in [-0.2, 0) is 22.6 Å². The second-order valence-corrected chi connectivity index (χ2v) is 7.94. The van der Waals surface area contributed by atoms with Gasteiger partial charge in [0.15, 0.2) is 0 Å². The van der Waals surface area contributed by atoms with Crippen LogP contribution >= 0.6 is 0 Å². The molecule has 1 saturated heterocycles. The number of primary amides is 1. The predicted molar refractivity (Wildman–Crippen MR) is 120 cm³/mol. The molecule has 2 aromatic carbocycles. The molecule has 3 N–H and O–H groups in total. The highest BCUT2D eigenvalue weighted by atomic mass is 16.2. The molecule has 1 aromatic heterocycles. The van der Waals surface area contributed by atoms with Crippen molar-refractivity contribution in [1.29, 1.82) is 0 Å². The Labute approximate surface area is 181 Å². The number of carbonyl (C=O) groups excluding carboxylic acids is 2. The fourth-order valence-corrected chi connectivity index (χ4v) is 3.89. The van der Waals surface area contributed by atoms with E-state index >= 15 is 0 Å². The van der Waals surface area contributed by atoms with Crippen LogP contribution in [-0.4, -0.2) is 34.7 Å². The van der Waals surface area contributed by atoms with Crippen LogP contribution < -0.4 is 16.0 Å². The molecule has 0 unspecified atom stereocenters. The van der Waals surface area contributed by atoms with Crippen LogP contribution in [0.25, 0.3) is 5.69 Å². The molecule has 1 fully saturated rings. The zero-order chi connectivity index (χ0) is 21.6. The number of rotatable bonds is 7. The molecule has 0 radical (unpaired) electrons. The van der Waals surface area contributed by atoms with E-state index in [1.165, 1.54) is 0 Å². The van der Waals surface area contributed by atoms with Gasteiger partial charge in [0.2, 0.25) is 11.8 Å². The molecule has 7 heteroatoms. The van der Waals surface area contributed by atoms with Crippen LogP contribution in [0.4, 0.5) is 5.69 Å². The van der Waals surface area contributed by atoms with E-state index in [0.717, 1.165) is 41.9 Å². The first-order chi connectivity index (χ1) is 15.1. The number of benzene rings is 2. The maximum absolute atomic E-state index is 12.3. The molecule has 0 bridgehead atoms. The van der Waals surface area contributed by atoms with Gasteiger partial charge >= 0.3 is 0 Å². The molecule has 0 saturated carbocycles. The van der Waals surface area contributed by atoms with Crippen LogP contribution in [0, 0.1) is 5.92 Å². The molecule has 31 heavy (non-hydrogen) atoms. The first-order valence-electron chi connectivity index (χ1n) is 10.6. The summed E-state index contributed by atoms with van der Waals surface area (Å²) in [6.07, 6.45) is 5.71. The highest BCUT2D eigenvalue weighted by Crippen LogP contribution is 2.23. The zero-order valence-electron chi connectivity index (χ0n) is 17.4. The van der Waals surface area contributed by atoms with Crippen molar-refractivity contribution in [2.24, 2.45) is 11.7 Å². The number of nitrogens with two attached hydrogens (primary N) is 1. The van der Waals surface area contributed by atoms with Crippen LogP contribution in [0.3, 0.4) is 0 Å². The summed E-state index contributed by atoms with van der Waals surface area (Å²) in [6.45, 7) is 2.06. The molecule has 1 aliphatic rings. The van der Waals surface area contributed by atoms with Crippen LogP contribution in [0.1, 0.15) is 24.0 Å². The second kappa shape index (κ2) is 9.47. The summed E-state index contributed by atoms with van der Waals surface area (Å²) in [5.41, 5.74) is 9.41. The standard InChI is InChI=1S/C24H27N5O2/c25-24(31)20-5-4-12-28(17-20)21-10-8-18(9-11-21)14-26-23(30)13-19-15-27-29(16-19)22-6-2-1-3-7-22/h1-3,6-11,15-16,20H,4-5,12-14,17H2,(H2,25,31)(H,26,30)/t20-/m0/s1. The summed E-state index contributed by atoms with van der Waals surface area (Å²) >= 11 is 0. The molecule has 0 aliphatic carbocycles. The Bertz CT molecular complexity index is 1030. The summed E-state index contributed by atoms with van der Waals surface area (Å²) in [4.78, 5) is 26.0. The lowest BCUT2D eigenvalue weighted by Gasteiger charge is -2.33. The Kier molecular flexibility index (Phi) is 6.31. The Morgan fingerprint density at radius 2 is 1.81 bits per heavy atom. The third-order valence-corrected chi connectivity index (χ3v) is 5.64. The van der Waals surface area contributed by atoms with Crippen LogP contribution in [0.2, 0.25) is 0 Å². The number of anilines is 1. The molecule has 2 heterocycles. The normalized spacial score (nSPS) is 16.1. The molecule has 4 rings (SSSR count). The largest absolute Gasteiger partial charge is 0.371 e. The maximum Gasteiger partial charge on any atom is 0.224 e. The number of amides is 2. The van der Waals surface area contributed by atoms with Crippen molar-refractivity contribution in [3.05, 3.63) is 78.1 Å². The molecular formula is C24H27N5O2. The van der Waals surface area contributed by atoms with Crippen LogP contribution in [0.5, 0.6) is 0 Å². The van der Waals surface area contributed by atoms with E-state index in [-0.39, 0.29) is 24.2 Å². The van der Waals surface area contributed by atoms with Gasteiger partial charge < -0.3 is 16.0 Å². The minimum atomic E-state index is -0.224. The van der Waals surface area contributed by atoms with Crippen molar-refractivity contribution in [2.45, 2.75) is 25.8 Å². The summed E-state index contributed by atoms with van der Waals surface area (Å²) in [7, 11) is 0. The summed E-state index contributed by atoms with van der Waals surface area (Å²) < 4.78 is 1.77. The average Bonchev–Trinajstić information content (AvgIpc) is 3.27. The van der Waals surface area contributed by atoms with E-state index in [4.69, 9.17) is 5.73 Å². The van der Waals surface area contributed by atoms with Gasteiger partial charge in [-0.2, -0.15) is 5.10 Å². The van der Waals surface area contributed by atoms with Gasteiger partial charge in [-0.3, -0.25) is 9.59 Å². The highest BCUT2D eigenvalue weighted by molar-refractivity contribution is 5.78. The zero-order valence-corrected chi connectivity index (χ0v) is 17.4. The minimum Gasteiger partial charge on any atom is -0.371 e. The molecular weight excluding hydrogens is 390 g/mol. The fourth-order valence-electron chi connectivity index (χ4n) is 3.89. The van der Waals surface area contributed by atoms with Crippen molar-refractivity contribution in [3.8, 4) is 5.69 Å². The number of carbonyl (C=O) groups is 2. The molecule has 7 nitrogen and oxygen atoms in total. The number of piperidine rings is 1. The number of nitrogens with one attached hydrogen (secondary N) is 1. The quantitative estimate of drug-likeness (QED) is 0.617. The lowest BCUT2D eigenvalue weighted by molar-refractivity contribution is -0.122. The average molecular weight is 418 g/mol. The molecule has 1 aliphatic heterocycles. The number of para-hydroxylation sites is 1. The van der Waals surface area contributed by atoms with E-state index in [1.54, 1.807) is 10.9 Å². The number of hydrogen-bond donors (Lipinski definition) is 2. The van der Waals surface area contributed by atoms with Gasteiger partial charge in [-0.05, 0) is 48.2 Å². The predicted octanol–water partition coefficient (Wildman–Crippen LogP) is 2.43. The Balaban J connectivity index is 1.28. The molecule has 1 atom stereocenters. The van der Waals surface area contributed by atoms with Crippen molar-refractivity contribution < 1.29 is 9.59 Å². The van der Waals surface area contributed by atoms with Crippen molar-refractivity contribution >= 4 is 17.5 Å². The third kappa shape index (κ3) is 5.31. The molecule has 0 spiro atoms. The van der Waals surface area contributed by atoms with E-state index < -0.39 is 0 Å². The molecule has 2 amide bonds. The Morgan fingerprint density at radius 1 is 1.03 bits per heavy atom. The van der Waals surface area contributed by atoms with E-state index in [0.29, 0.717) is 13.1 Å². The van der Waals surface area contributed by atoms with E-state index in [1.807, 2.05) is 60.8 Å². The van der Waals surface area contributed by atoms with Gasteiger partial charge in [0.05, 0.1) is 24.2 Å². The van der Waals surface area contributed by atoms with Gasteiger partial charge in [-0.1, -0.05) is 30.3 Å². The maximum atomic E-state index is 12.3. The summed E-state index contributed by atoms with van der Waals surface area (Å²) in [5.74, 6) is -0.352. The van der Waals surface area contributed by atoms with Crippen molar-refractivity contribution in [2.75, 3.05) is 18.0 Å². The number of nitrogens with zero attached hydrogens (tertiary/aromatic N) is 3. The van der Waals surface area contributed by atoms with Gasteiger partial charge in [0, 0.05) is 31.5 Å². The lowest BCUT2D eigenvalue weighted by atomic mass is 9.97. The number of hydrogen-bond acceptors (Lipinski definition) is 4. The van der Waals surface area contributed by atoms with E-state index in [2.05, 4.69) is 15.3 Å². The Hall–Kier alpha value is -3.61. The minimum absolute atomic E-state index is 0.0444. The first kappa shape index (κ1) is 20.7. The van der Waals surface area contributed by atoms with Gasteiger partial charge in [0.1, 0.15) is 0 Å². The van der Waals surface area contributed by atoms with Gasteiger partial charge in [0.25, 0.3) is 0 Å². The lowest BCUT2D eigenvalue weighted by Crippen LogP contribution is -2.41.